The van der Waals surface area contributed by atoms with E-state index in [1.165, 1.54) is 0 Å². The summed E-state index contributed by atoms with van der Waals surface area (Å²) in [5, 5.41) is 0. The van der Waals surface area contributed by atoms with Gasteiger partial charge in [0.2, 0.25) is 0 Å². The van der Waals surface area contributed by atoms with Gasteiger partial charge in [0.05, 0.1) is 0 Å². The van der Waals surface area contributed by atoms with Crippen molar-refractivity contribution in [3.8, 4) is 0 Å². The first-order valence-corrected chi connectivity index (χ1v) is 2.92. The van der Waals surface area contributed by atoms with Gasteiger partial charge in [-0.15, -0.1) is 0 Å². The molecule has 0 saturated heterocycles. The van der Waals surface area contributed by atoms with Gasteiger partial charge in [0.25, 0.3) is 0 Å². The standard InChI is InChI=1S/CH2Cl.ClH.H3P.Pd/c1-2;;;/h1H2;1H;1H3;/q-1;;;+2/p-1. The fraction of sp³-hybridized carbons (Fsp3) is 0. The van der Waals surface area contributed by atoms with Crippen molar-refractivity contribution in [2.75, 3.05) is 0 Å². The number of halogens is 2. The van der Waals surface area contributed by atoms with Gasteiger partial charge in [-0.05, 0) is 0 Å². The minimum absolute atomic E-state index is 0. The van der Waals surface area contributed by atoms with Crippen LogP contribution in [0.3, 0.4) is 0 Å². The molecular formula is CH5Cl2PPd. The zero-order chi connectivity index (χ0) is 4.00. The predicted octanol–water partition coefficient (Wildman–Crippen LogP) is 1.76. The normalized spacial score (nSPS) is 2.60. The second kappa shape index (κ2) is 44.3. The number of hydrogen-bond donors (Lipinski definition) is 0. The van der Waals surface area contributed by atoms with Crippen molar-refractivity contribution in [1.29, 1.82) is 0 Å². The zero-order valence-electron chi connectivity index (χ0n) is 2.49. The molecular weight excluding hydrogens is 220 g/mol. The summed E-state index contributed by atoms with van der Waals surface area (Å²) in [6.07, 6.45) is 2.72. The van der Waals surface area contributed by atoms with Gasteiger partial charge >= 0.3 is 27.7 Å². The summed E-state index contributed by atoms with van der Waals surface area (Å²) < 4.78 is 0. The Morgan fingerprint density at radius 3 is 1.20 bits per heavy atom. The van der Waals surface area contributed by atoms with E-state index in [9.17, 15) is 0 Å². The van der Waals surface area contributed by atoms with Crippen molar-refractivity contribution in [1.82, 2.24) is 0 Å². The van der Waals surface area contributed by atoms with Crippen LogP contribution < -0.4 is 0 Å². The van der Waals surface area contributed by atoms with E-state index < -0.39 is 0 Å². The Hall–Kier alpha value is 1.67. The Balaban J connectivity index is -0.0000000133. The van der Waals surface area contributed by atoms with Crippen LogP contribution >= 0.6 is 31.0 Å². The molecule has 0 aliphatic carbocycles. The third kappa shape index (κ3) is 27.4. The van der Waals surface area contributed by atoms with Crippen molar-refractivity contribution in [3.63, 3.8) is 0 Å². The van der Waals surface area contributed by atoms with E-state index in [1.807, 2.05) is 0 Å². The van der Waals surface area contributed by atoms with Gasteiger partial charge < -0.3 is 11.6 Å². The van der Waals surface area contributed by atoms with E-state index in [-0.39, 0.29) is 9.90 Å². The molecule has 4 heteroatoms. The molecule has 0 spiro atoms. The molecule has 38 valence electrons. The summed E-state index contributed by atoms with van der Waals surface area (Å²) in [7, 11) is 4.49. The van der Waals surface area contributed by atoms with Crippen LogP contribution in [0, 0.1) is 6.38 Å². The molecule has 1 atom stereocenters. The summed E-state index contributed by atoms with van der Waals surface area (Å²) in [5.74, 6) is 0. The Bertz CT molecular complexity index is 9.61. The van der Waals surface area contributed by atoms with Crippen molar-refractivity contribution in [2.45, 2.75) is 0 Å². The molecule has 0 N–H and O–H groups in total. The molecule has 0 saturated carbocycles. The van der Waals surface area contributed by atoms with Crippen LogP contribution in [0.15, 0.2) is 0 Å². The summed E-state index contributed by atoms with van der Waals surface area (Å²) in [5.41, 5.74) is 0. The average Bonchev–Trinajstić information content (AvgIpc) is 1.50. The predicted molar refractivity (Wildman–Crippen MR) is 28.2 cm³/mol. The van der Waals surface area contributed by atoms with Gasteiger partial charge in [-0.1, -0.05) is 0 Å². The SMILES string of the molecule is P.[CH2-]Cl.[Cl][Pd+]. The van der Waals surface area contributed by atoms with E-state index in [4.69, 9.17) is 0 Å². The molecule has 0 aliphatic rings. The molecule has 0 fully saturated rings. The van der Waals surface area contributed by atoms with Gasteiger partial charge in [-0.25, -0.2) is 0 Å². The van der Waals surface area contributed by atoms with Crippen LogP contribution in [0.1, 0.15) is 0 Å². The molecule has 0 rings (SSSR count). The topological polar surface area (TPSA) is 0 Å². The van der Waals surface area contributed by atoms with Crippen molar-refractivity contribution in [2.24, 2.45) is 0 Å². The first-order chi connectivity index (χ1) is 2.00. The molecule has 0 radical (unpaired) electrons. The third-order valence-electron chi connectivity index (χ3n) is 0. The second-order valence-electron chi connectivity index (χ2n) is 0. The van der Waals surface area contributed by atoms with E-state index in [0.29, 0.717) is 0 Å². The second-order valence-corrected chi connectivity index (χ2v) is 0. The fourth-order valence-electron chi connectivity index (χ4n) is 0. The molecule has 5 heavy (non-hydrogen) atoms. The maximum absolute atomic E-state index is 4.49. The molecule has 0 aromatic rings. The van der Waals surface area contributed by atoms with Crippen molar-refractivity contribution in [3.05, 3.63) is 6.38 Å². The summed E-state index contributed by atoms with van der Waals surface area (Å²) in [6, 6.07) is 0. The first-order valence-electron chi connectivity index (χ1n) is 0.387. The van der Waals surface area contributed by atoms with Gasteiger partial charge in [0.15, 0.2) is 0 Å². The third-order valence-corrected chi connectivity index (χ3v) is 0. The monoisotopic (exact) mass is 224 g/mol. The number of hydrogen-bond acceptors (Lipinski definition) is 0. The Morgan fingerprint density at radius 2 is 1.20 bits per heavy atom. The molecule has 0 heterocycles. The van der Waals surface area contributed by atoms with Crippen LogP contribution in [0.2, 0.25) is 0 Å². The Labute approximate surface area is 55.6 Å². The van der Waals surface area contributed by atoms with Crippen LogP contribution in [0.5, 0.6) is 0 Å². The van der Waals surface area contributed by atoms with Gasteiger partial charge in [-0.2, -0.15) is 9.90 Å². The van der Waals surface area contributed by atoms with Crippen LogP contribution in [-0.2, 0) is 18.2 Å². The molecule has 0 aromatic heterocycles. The maximum atomic E-state index is 4.49. The molecule has 0 aliphatic heterocycles. The molecule has 1 unspecified atom stereocenters. The Morgan fingerprint density at radius 1 is 1.20 bits per heavy atom. The quantitative estimate of drug-likeness (QED) is 0.335. The Kier molecular flexibility index (Phi) is 141. The van der Waals surface area contributed by atoms with Crippen LogP contribution in [-0.4, -0.2) is 0 Å². The van der Waals surface area contributed by atoms with Crippen LogP contribution in [0.4, 0.5) is 0 Å². The summed E-state index contributed by atoms with van der Waals surface area (Å²) in [6.45, 7) is 0. The van der Waals surface area contributed by atoms with E-state index in [2.05, 4.69) is 45.7 Å². The van der Waals surface area contributed by atoms with Gasteiger partial charge in [0.1, 0.15) is 0 Å². The molecule has 0 amide bonds. The van der Waals surface area contributed by atoms with E-state index >= 15 is 0 Å². The summed E-state index contributed by atoms with van der Waals surface area (Å²) >= 11 is 6.61. The average molecular weight is 225 g/mol. The zero-order valence-corrected chi connectivity index (χ0v) is 6.97. The first kappa shape index (κ1) is 15.9. The molecule has 0 nitrogen and oxygen atoms in total. The van der Waals surface area contributed by atoms with Crippen molar-refractivity contribution < 1.29 is 18.2 Å². The van der Waals surface area contributed by atoms with E-state index in [0.717, 1.165) is 0 Å². The molecule has 0 bridgehead atoms. The van der Waals surface area contributed by atoms with Crippen LogP contribution in [0.25, 0.3) is 0 Å². The number of rotatable bonds is 0. The van der Waals surface area contributed by atoms with E-state index in [1.54, 1.807) is 0 Å². The van der Waals surface area contributed by atoms with Gasteiger partial charge in [-0.3, -0.25) is 6.38 Å². The molecule has 0 aromatic carbocycles. The summed E-state index contributed by atoms with van der Waals surface area (Å²) in [4.78, 5) is 0. The fourth-order valence-corrected chi connectivity index (χ4v) is 0. The minimum atomic E-state index is 0. The van der Waals surface area contributed by atoms with Crippen molar-refractivity contribution >= 4 is 31.0 Å². The van der Waals surface area contributed by atoms with Gasteiger partial charge in [0, 0.05) is 0 Å².